The van der Waals surface area contributed by atoms with E-state index < -0.39 is 38.4 Å². The number of phosphoric acid groups is 1. The molecule has 0 bridgehead atoms. The predicted molar refractivity (Wildman–Crippen MR) is 222 cm³/mol. The van der Waals surface area contributed by atoms with Gasteiger partial charge in [0.25, 0.3) is 0 Å². The van der Waals surface area contributed by atoms with Crippen molar-refractivity contribution >= 4 is 25.7 Å². The summed E-state index contributed by atoms with van der Waals surface area (Å²) in [5, 5.41) is 0. The summed E-state index contributed by atoms with van der Waals surface area (Å²) in [5.74, 6) is 3.03. The van der Waals surface area contributed by atoms with E-state index in [1.807, 2.05) is 28.1 Å². The highest BCUT2D eigenvalue weighted by molar-refractivity contribution is 7.47. The maximum atomic E-state index is 13.0. The Kier molecular flexibility index (Phi) is 17.8. The van der Waals surface area contributed by atoms with Crippen LogP contribution in [-0.2, 0) is 42.2 Å². The number of carbonyl (C=O) groups is 3. The lowest BCUT2D eigenvalue weighted by atomic mass is 9.47. The number of esters is 3. The van der Waals surface area contributed by atoms with Crippen molar-refractivity contribution < 1.29 is 51.6 Å². The molecule has 57 heavy (non-hydrogen) atoms. The second kappa shape index (κ2) is 21.1. The number of likely N-dealkylation sites (N-methyl/N-ethyl adjacent to an activating group) is 1. The third kappa shape index (κ3) is 13.9. The van der Waals surface area contributed by atoms with E-state index in [1.165, 1.54) is 50.5 Å². The summed E-state index contributed by atoms with van der Waals surface area (Å²) in [7, 11) is 1.33. The highest BCUT2D eigenvalue weighted by atomic mass is 31.2. The van der Waals surface area contributed by atoms with Crippen molar-refractivity contribution in [3.63, 3.8) is 0 Å². The zero-order valence-corrected chi connectivity index (χ0v) is 38.0. The molecular weight excluding hydrogens is 745 g/mol. The van der Waals surface area contributed by atoms with Crippen molar-refractivity contribution in [3.8, 4) is 0 Å². The molecule has 0 aromatic rings. The van der Waals surface area contributed by atoms with Gasteiger partial charge < -0.3 is 23.6 Å². The molecule has 4 aliphatic carbocycles. The normalized spacial score (nSPS) is 30.6. The maximum absolute atomic E-state index is 13.0. The molecule has 3 fully saturated rings. The van der Waals surface area contributed by atoms with Crippen LogP contribution in [0.15, 0.2) is 11.6 Å². The lowest BCUT2D eigenvalue weighted by Gasteiger charge is -2.58. The third-order valence-electron chi connectivity index (χ3n) is 14.2. The molecule has 0 aromatic heterocycles. The molecule has 4 rings (SSSR count). The first kappa shape index (κ1) is 47.9. The number of ether oxygens (including phenoxy) is 3. The lowest BCUT2D eigenvalue weighted by molar-refractivity contribution is -0.870. The summed E-state index contributed by atoms with van der Waals surface area (Å²) in [6, 6.07) is 0. The Hall–Kier alpha value is -1.78. The van der Waals surface area contributed by atoms with Gasteiger partial charge >= 0.3 is 25.7 Å². The molecule has 12 heteroatoms. The van der Waals surface area contributed by atoms with Crippen molar-refractivity contribution in [2.24, 2.45) is 46.3 Å². The number of allylic oxidation sites excluding steroid dienone is 1. The van der Waals surface area contributed by atoms with E-state index in [0.717, 1.165) is 68.1 Å². The van der Waals surface area contributed by atoms with Crippen molar-refractivity contribution in [1.82, 2.24) is 0 Å². The summed E-state index contributed by atoms with van der Waals surface area (Å²) < 4.78 is 39.9. The minimum atomic E-state index is -4.44. The summed E-state index contributed by atoms with van der Waals surface area (Å²) in [4.78, 5) is 48.3. The topological polar surface area (TPSA) is 135 Å². The van der Waals surface area contributed by atoms with Gasteiger partial charge in [-0.15, -0.1) is 0 Å². The Balaban J connectivity index is 1.24. The second-order valence-corrected chi connectivity index (χ2v) is 21.5. The molecule has 0 spiro atoms. The number of fused-ring (bicyclic) bond motifs is 5. The zero-order chi connectivity index (χ0) is 42.0. The minimum Gasteiger partial charge on any atom is -0.462 e. The largest absolute Gasteiger partial charge is 0.472 e. The maximum Gasteiger partial charge on any atom is 0.472 e. The van der Waals surface area contributed by atoms with Gasteiger partial charge in [0.05, 0.1) is 40.6 Å². The highest BCUT2D eigenvalue weighted by Gasteiger charge is 2.59. The monoisotopic (exact) mass is 825 g/mol. The molecule has 3 unspecified atom stereocenters. The van der Waals surface area contributed by atoms with Gasteiger partial charge in [-0.25, -0.2) is 4.57 Å². The van der Waals surface area contributed by atoms with E-state index >= 15 is 0 Å². The lowest BCUT2D eigenvalue weighted by Crippen LogP contribution is -2.51. The molecule has 0 aliphatic heterocycles. The number of hydrogen-bond donors (Lipinski definition) is 1. The Labute approximate surface area is 344 Å². The Bertz CT molecular complexity index is 1410. The summed E-state index contributed by atoms with van der Waals surface area (Å²) in [6.45, 7) is 13.9. The fourth-order valence-corrected chi connectivity index (χ4v) is 11.7. The van der Waals surface area contributed by atoms with Gasteiger partial charge in [0, 0.05) is 12.8 Å². The van der Waals surface area contributed by atoms with Crippen molar-refractivity contribution in [2.75, 3.05) is 47.5 Å². The van der Waals surface area contributed by atoms with Gasteiger partial charge in [-0.3, -0.25) is 23.4 Å². The molecule has 11 nitrogen and oxygen atoms in total. The van der Waals surface area contributed by atoms with Crippen LogP contribution in [0.3, 0.4) is 0 Å². The number of hydrogen-bond acceptors (Lipinski definition) is 9. The molecule has 1 N–H and O–H groups in total. The van der Waals surface area contributed by atoms with Gasteiger partial charge in [-0.2, -0.15) is 0 Å². The third-order valence-corrected chi connectivity index (χ3v) is 15.2. The van der Waals surface area contributed by atoms with Crippen LogP contribution in [0.4, 0.5) is 0 Å². The SMILES string of the molecule is CCCCCC(=O)OC(COC(=O)CCC(=O)OC1CC[C@]2(C)C(=CC[C@@H]3[C@H]4CC[C@@H]([C@@H](C)CCCC(C)C)[C@]4(C)CC[C@H]32)C1)COP(=O)(O)OCC[N+](C)(C)C. The van der Waals surface area contributed by atoms with E-state index in [1.54, 1.807) is 0 Å². The smallest absolute Gasteiger partial charge is 0.462 e. The molecule has 0 amide bonds. The van der Waals surface area contributed by atoms with E-state index in [4.69, 9.17) is 23.3 Å². The minimum absolute atomic E-state index is 0.0126. The molecule has 10 atom stereocenters. The van der Waals surface area contributed by atoms with E-state index in [9.17, 15) is 23.8 Å². The number of quaternary nitrogens is 1. The first-order valence-electron chi connectivity index (χ1n) is 22.4. The summed E-state index contributed by atoms with van der Waals surface area (Å²) in [6.07, 6.45) is 16.6. The number of carbonyl (C=O) groups excluding carboxylic acids is 3. The van der Waals surface area contributed by atoms with Crippen molar-refractivity contribution in [3.05, 3.63) is 11.6 Å². The average Bonchev–Trinajstić information content (AvgIpc) is 3.48. The van der Waals surface area contributed by atoms with Crippen molar-refractivity contribution in [1.29, 1.82) is 0 Å². The van der Waals surface area contributed by atoms with Crippen LogP contribution in [0.2, 0.25) is 0 Å². The zero-order valence-electron chi connectivity index (χ0n) is 37.1. The quantitative estimate of drug-likeness (QED) is 0.0265. The number of nitrogens with zero attached hydrogens (tertiary/aromatic N) is 1. The first-order chi connectivity index (χ1) is 26.8. The molecule has 0 heterocycles. The van der Waals surface area contributed by atoms with Crippen LogP contribution in [0.25, 0.3) is 0 Å². The molecule has 328 valence electrons. The molecule has 4 aliphatic rings. The molecular formula is C45H79NO10P+. The van der Waals surface area contributed by atoms with Gasteiger partial charge in [0.15, 0.2) is 6.10 Å². The van der Waals surface area contributed by atoms with Gasteiger partial charge in [0.1, 0.15) is 25.9 Å². The summed E-state index contributed by atoms with van der Waals surface area (Å²) >= 11 is 0. The number of unbranched alkanes of at least 4 members (excludes halogenated alkanes) is 2. The number of rotatable bonds is 23. The van der Waals surface area contributed by atoms with Crippen LogP contribution in [-0.4, -0.2) is 87.0 Å². The standard InChI is InChI=1S/C45H78NO10P/c1-10-11-12-16-42(48)56-36(31-54-57(50,51)53-28-27-46(7,8)9)30-52-41(47)21-22-43(49)55-35-23-25-44(5)34(29-35)17-18-37-39-20-19-38(33(4)15-13-14-32(2)3)45(39,6)26-24-40(37)44/h17,32-33,35-40H,10-16,18-31H2,1-9H3/p+1/t33-,35?,36?,37+,38-,39+,40+,44+,45-/m0/s1. The Morgan fingerprint density at radius 3 is 2.32 bits per heavy atom. The molecule has 0 aromatic carbocycles. The van der Waals surface area contributed by atoms with Crippen LogP contribution < -0.4 is 0 Å². The molecule has 3 saturated carbocycles. The fourth-order valence-electron chi connectivity index (χ4n) is 11.0. The van der Waals surface area contributed by atoms with Crippen LogP contribution in [0, 0.1) is 46.3 Å². The second-order valence-electron chi connectivity index (χ2n) is 20.0. The van der Waals surface area contributed by atoms with Crippen LogP contribution in [0.1, 0.15) is 151 Å². The van der Waals surface area contributed by atoms with Gasteiger partial charge in [-0.05, 0) is 97.7 Å². The van der Waals surface area contributed by atoms with Crippen LogP contribution >= 0.6 is 7.82 Å². The van der Waals surface area contributed by atoms with Gasteiger partial charge in [-0.1, -0.05) is 85.3 Å². The number of phosphoric ester groups is 1. The van der Waals surface area contributed by atoms with E-state index in [-0.39, 0.29) is 44.0 Å². The highest BCUT2D eigenvalue weighted by Crippen LogP contribution is 2.67. The van der Waals surface area contributed by atoms with Gasteiger partial charge in [0.2, 0.25) is 0 Å². The Morgan fingerprint density at radius 1 is 0.877 bits per heavy atom. The fraction of sp³-hybridized carbons (Fsp3) is 0.889. The molecule has 0 saturated heterocycles. The van der Waals surface area contributed by atoms with E-state index in [2.05, 4.69) is 40.7 Å². The average molecular weight is 825 g/mol. The summed E-state index contributed by atoms with van der Waals surface area (Å²) in [5.41, 5.74) is 2.06. The van der Waals surface area contributed by atoms with Crippen LogP contribution in [0.5, 0.6) is 0 Å². The Morgan fingerprint density at radius 2 is 1.61 bits per heavy atom. The predicted octanol–water partition coefficient (Wildman–Crippen LogP) is 9.59. The van der Waals surface area contributed by atoms with Crippen molar-refractivity contribution in [2.45, 2.75) is 163 Å². The van der Waals surface area contributed by atoms with E-state index in [0.29, 0.717) is 28.8 Å². The first-order valence-corrected chi connectivity index (χ1v) is 23.9. The molecule has 0 radical (unpaired) electrons.